The van der Waals surface area contributed by atoms with Gasteiger partial charge >= 0.3 is 24.9 Å². The molecule has 4 aliphatic heterocycles. The van der Waals surface area contributed by atoms with Gasteiger partial charge in [-0.05, 0) is 161 Å². The number of carbonyl (C=O) groups excluding carboxylic acids is 3. The molecular weight excluding hydrogens is 1110 g/mol. The van der Waals surface area contributed by atoms with Crippen molar-refractivity contribution in [3.05, 3.63) is 108 Å². The quantitative estimate of drug-likeness (QED) is 0.108. The van der Waals surface area contributed by atoms with Crippen LogP contribution in [-0.4, -0.2) is 186 Å². The fourth-order valence-corrected chi connectivity index (χ4v) is 10.8. The molecule has 1 unspecified atom stereocenters. The first-order valence-corrected chi connectivity index (χ1v) is 28.6. The number of nitrogens with one attached hydrogen (secondary N) is 2. The molecule has 6 aromatic rings. The van der Waals surface area contributed by atoms with Crippen LogP contribution < -0.4 is 14.8 Å². The van der Waals surface area contributed by atoms with Gasteiger partial charge in [-0.15, -0.1) is 31.4 Å². The average molecular weight is 1200 g/mol. The minimum absolute atomic E-state index is 0.0646. The van der Waals surface area contributed by atoms with Gasteiger partial charge in [0.2, 0.25) is 0 Å². The summed E-state index contributed by atoms with van der Waals surface area (Å²) in [5.74, 6) is -0.602. The zero-order valence-corrected chi connectivity index (χ0v) is 50.0. The summed E-state index contributed by atoms with van der Waals surface area (Å²) in [7, 11) is 0. The van der Waals surface area contributed by atoms with Crippen LogP contribution in [0.4, 0.5) is 35.9 Å². The van der Waals surface area contributed by atoms with Crippen LogP contribution in [0.2, 0.25) is 0 Å². The molecule has 3 atom stereocenters. The van der Waals surface area contributed by atoms with E-state index in [1.54, 1.807) is 17.0 Å². The molecule has 6 heterocycles. The Hall–Kier alpha value is -7.09. The number of aldehydes is 1. The molecule has 85 heavy (non-hydrogen) atoms. The van der Waals surface area contributed by atoms with Crippen LogP contribution in [0, 0.1) is 0 Å². The number of nitrogens with zero attached hydrogens (tertiary/aromatic N) is 10. The second kappa shape index (κ2) is 27.5. The SMILES string of the molecule is C[C@H]1CN(C2(C)CCN(C(=O)OC(C)(C)C)CC2)CCN1.C[C@H]1CN(C2(C)CCN(C(=O)OC(C)(C)C)CC2)CCN1C(c1ccc(OC(F)(F)F)cc1)n1nnc2ccccc21.O=Cc1ccc(OC(F)(F)F)cc1.c1ccc2n[nH]nc2c1. The van der Waals surface area contributed by atoms with Crippen molar-refractivity contribution in [1.82, 2.24) is 60.2 Å². The number of carbonyl (C=O) groups is 3. The zero-order valence-electron chi connectivity index (χ0n) is 50.0. The number of alkyl halides is 6. The highest BCUT2D eigenvalue weighted by Crippen LogP contribution is 2.37. The Labute approximate surface area is 492 Å². The van der Waals surface area contributed by atoms with Crippen molar-refractivity contribution in [2.45, 2.75) is 148 Å². The van der Waals surface area contributed by atoms with E-state index in [0.717, 1.165) is 111 Å². The van der Waals surface area contributed by atoms with Crippen LogP contribution in [-0.2, 0) is 9.47 Å². The van der Waals surface area contributed by atoms with E-state index in [2.05, 4.69) is 82.9 Å². The van der Waals surface area contributed by atoms with Crippen molar-refractivity contribution in [3.63, 3.8) is 0 Å². The molecule has 2 aromatic heterocycles. The first kappa shape index (κ1) is 65.5. The average Bonchev–Trinajstić information content (AvgIpc) is 2.37. The fraction of sp³-hybridized carbons (Fsp3) is 0.550. The third-order valence-electron chi connectivity index (χ3n) is 15.4. The van der Waals surface area contributed by atoms with Crippen molar-refractivity contribution in [2.75, 3.05) is 65.4 Å². The number of halogens is 6. The largest absolute Gasteiger partial charge is 0.573 e. The van der Waals surface area contributed by atoms with E-state index in [1.807, 2.05) is 99.7 Å². The van der Waals surface area contributed by atoms with Gasteiger partial charge in [0, 0.05) is 94.2 Å². The number of ether oxygens (including phenoxy) is 4. The number of amides is 2. The lowest BCUT2D eigenvalue weighted by Crippen LogP contribution is -2.62. The third kappa shape index (κ3) is 19.0. The first-order chi connectivity index (χ1) is 39.9. The van der Waals surface area contributed by atoms with Crippen LogP contribution in [0.1, 0.15) is 117 Å². The van der Waals surface area contributed by atoms with Crippen molar-refractivity contribution < 1.29 is 59.7 Å². The summed E-state index contributed by atoms with van der Waals surface area (Å²) in [6, 6.07) is 26.7. The summed E-state index contributed by atoms with van der Waals surface area (Å²) < 4.78 is 93.9. The van der Waals surface area contributed by atoms with E-state index < -0.39 is 23.9 Å². The lowest BCUT2D eigenvalue weighted by Gasteiger charge is -2.52. The number of aromatic nitrogens is 6. The van der Waals surface area contributed by atoms with E-state index in [1.165, 1.54) is 24.3 Å². The number of rotatable bonds is 8. The van der Waals surface area contributed by atoms with E-state index in [4.69, 9.17) is 9.47 Å². The molecule has 2 amide bonds. The third-order valence-corrected chi connectivity index (χ3v) is 15.4. The minimum Gasteiger partial charge on any atom is -0.444 e. The topological polar surface area (TPSA) is 189 Å². The molecule has 0 bridgehead atoms. The Morgan fingerprint density at radius 2 is 1.07 bits per heavy atom. The number of H-pyrrole nitrogens is 1. The van der Waals surface area contributed by atoms with Crippen molar-refractivity contribution in [3.8, 4) is 11.5 Å². The number of hydrogen-bond acceptors (Lipinski definition) is 15. The molecule has 4 saturated heterocycles. The highest BCUT2D eigenvalue weighted by atomic mass is 19.4. The van der Waals surface area contributed by atoms with Crippen LogP contribution >= 0.6 is 0 Å². The number of hydrogen-bond donors (Lipinski definition) is 2. The van der Waals surface area contributed by atoms with Gasteiger partial charge in [-0.3, -0.25) is 19.5 Å². The van der Waals surface area contributed by atoms with Crippen molar-refractivity contribution >= 4 is 40.5 Å². The Bertz CT molecular complexity index is 3060. The first-order valence-electron chi connectivity index (χ1n) is 28.6. The van der Waals surface area contributed by atoms with Gasteiger partial charge in [-0.2, -0.15) is 15.4 Å². The van der Waals surface area contributed by atoms with Crippen LogP contribution in [0.25, 0.3) is 22.1 Å². The van der Waals surface area contributed by atoms with E-state index >= 15 is 0 Å². The minimum atomic E-state index is -4.76. The summed E-state index contributed by atoms with van der Waals surface area (Å²) >= 11 is 0. The maximum Gasteiger partial charge on any atom is 0.573 e. The van der Waals surface area contributed by atoms with E-state index in [-0.39, 0.29) is 47.0 Å². The van der Waals surface area contributed by atoms with E-state index in [0.29, 0.717) is 37.5 Å². The molecule has 10 rings (SSSR count). The normalized spacial score (nSPS) is 20.1. The molecule has 0 radical (unpaired) electrons. The smallest absolute Gasteiger partial charge is 0.444 e. The van der Waals surface area contributed by atoms with Gasteiger partial charge in [0.15, 0.2) is 0 Å². The Kier molecular flexibility index (Phi) is 21.2. The lowest BCUT2D eigenvalue weighted by molar-refractivity contribution is -0.275. The molecule has 4 aromatic carbocycles. The zero-order chi connectivity index (χ0) is 62.0. The number of piperidine rings is 2. The number of aromatic amines is 1. The molecule has 0 aliphatic carbocycles. The van der Waals surface area contributed by atoms with Gasteiger partial charge in [0.1, 0.15) is 51.7 Å². The summed E-state index contributed by atoms with van der Waals surface area (Å²) in [6.07, 6.45) is -5.98. The Balaban J connectivity index is 0.000000196. The van der Waals surface area contributed by atoms with Crippen molar-refractivity contribution in [2.24, 2.45) is 0 Å². The molecule has 0 saturated carbocycles. The standard InChI is InChI=1S/C30H39F3N6O3.C16H31N3O2.C8H5F3O2.C6H5N3/c1-21-20-37(29(5)14-16-36(17-15-29)27(40)42-28(2,3)4)18-19-38(21)26(39-25-9-7-6-8-24(25)34-35-39)22-10-12-23(13-11-22)41-30(31,32)33;1-13-12-19(11-8-17-13)16(5)6-9-18(10-7-16)14(20)21-15(2,3)4;9-8(10,11)13-7-3-1-6(5-12)2-4-7;1-2-4-6-5(3-1)7-9-8-6/h6-13,21,26H,14-20H2,1-5H3;13,17H,6-12H2,1-5H3;1-5H;1-4H,(H,7,8,9)/t21-,26?;13-;;/m00../s1. The number of benzene rings is 4. The van der Waals surface area contributed by atoms with Crippen LogP contribution in [0.3, 0.4) is 0 Å². The predicted molar refractivity (Wildman–Crippen MR) is 309 cm³/mol. The second-order valence-corrected chi connectivity index (χ2v) is 24.3. The number of fused-ring (bicyclic) bond motifs is 2. The van der Waals surface area contributed by atoms with Crippen molar-refractivity contribution in [1.29, 1.82) is 0 Å². The molecule has 19 nitrogen and oxygen atoms in total. The molecule has 464 valence electrons. The van der Waals surface area contributed by atoms with Gasteiger partial charge < -0.3 is 34.1 Å². The molecular formula is C60H80F6N12O7. The molecule has 4 aliphatic rings. The highest BCUT2D eigenvalue weighted by Gasteiger charge is 2.43. The Morgan fingerprint density at radius 3 is 1.52 bits per heavy atom. The predicted octanol–water partition coefficient (Wildman–Crippen LogP) is 11.1. The number of piperazine rings is 2. The molecule has 25 heteroatoms. The summed E-state index contributed by atoms with van der Waals surface area (Å²) in [6.45, 7) is 28.8. The monoisotopic (exact) mass is 1190 g/mol. The highest BCUT2D eigenvalue weighted by molar-refractivity contribution is 5.75. The fourth-order valence-electron chi connectivity index (χ4n) is 10.8. The summed E-state index contributed by atoms with van der Waals surface area (Å²) in [4.78, 5) is 46.0. The van der Waals surface area contributed by atoms with Gasteiger partial charge in [0.25, 0.3) is 0 Å². The molecule has 4 fully saturated rings. The van der Waals surface area contributed by atoms with E-state index in [9.17, 15) is 40.7 Å². The summed E-state index contributed by atoms with van der Waals surface area (Å²) in [5, 5.41) is 22.6. The van der Waals surface area contributed by atoms with Gasteiger partial charge in [-0.1, -0.05) is 41.6 Å². The number of para-hydroxylation sites is 3. The Morgan fingerprint density at radius 1 is 0.612 bits per heavy atom. The maximum atomic E-state index is 12.8. The second-order valence-electron chi connectivity index (χ2n) is 24.3. The van der Waals surface area contributed by atoms with Crippen LogP contribution in [0.15, 0.2) is 97.1 Å². The van der Waals surface area contributed by atoms with Gasteiger partial charge in [-0.25, -0.2) is 14.3 Å². The van der Waals surface area contributed by atoms with Gasteiger partial charge in [0.05, 0.1) is 5.52 Å². The number of likely N-dealkylation sites (tertiary alicyclic amines) is 2. The molecule has 2 N–H and O–H groups in total. The molecule has 0 spiro atoms. The lowest BCUT2D eigenvalue weighted by atomic mass is 9.86. The maximum absolute atomic E-state index is 12.8. The summed E-state index contributed by atoms with van der Waals surface area (Å²) in [5.41, 5.74) is 3.72. The van der Waals surface area contributed by atoms with Crippen LogP contribution in [0.5, 0.6) is 11.5 Å².